The van der Waals surface area contributed by atoms with Gasteiger partial charge < -0.3 is 29.6 Å². The molecule has 0 saturated carbocycles. The molecule has 0 aliphatic carbocycles. The molecule has 2 N–H and O–H groups in total. The molecular formula is C29H27ClF2N4O5. The number of aromatic nitrogens is 1. The normalized spacial score (nSPS) is 13.6. The Kier molecular flexibility index (Phi) is 8.98. The van der Waals surface area contributed by atoms with Gasteiger partial charge in [-0.1, -0.05) is 11.6 Å². The zero-order valence-electron chi connectivity index (χ0n) is 22.1. The predicted octanol–water partition coefficient (Wildman–Crippen LogP) is 6.32. The van der Waals surface area contributed by atoms with Crippen molar-refractivity contribution in [2.75, 3.05) is 57.2 Å². The van der Waals surface area contributed by atoms with Crippen molar-refractivity contribution in [3.05, 3.63) is 77.5 Å². The average molecular weight is 585 g/mol. The van der Waals surface area contributed by atoms with Crippen molar-refractivity contribution in [2.45, 2.75) is 0 Å². The number of pyridine rings is 1. The number of rotatable bonds is 9. The van der Waals surface area contributed by atoms with Crippen LogP contribution in [0.1, 0.15) is 0 Å². The molecule has 0 unspecified atom stereocenters. The summed E-state index contributed by atoms with van der Waals surface area (Å²) in [6.45, 7) is 4.48. The molecular weight excluding hydrogens is 558 g/mol. The number of carbonyl (C=O) groups is 1. The van der Waals surface area contributed by atoms with Crippen LogP contribution in [0.3, 0.4) is 0 Å². The van der Waals surface area contributed by atoms with Crippen LogP contribution in [0.15, 0.2) is 60.8 Å². The Labute approximate surface area is 239 Å². The smallest absolute Gasteiger partial charge is 0.323 e. The van der Waals surface area contributed by atoms with Gasteiger partial charge in [0.1, 0.15) is 29.7 Å². The van der Waals surface area contributed by atoms with Crippen LogP contribution in [0.4, 0.5) is 25.0 Å². The van der Waals surface area contributed by atoms with Crippen molar-refractivity contribution in [3.8, 4) is 23.0 Å². The van der Waals surface area contributed by atoms with Gasteiger partial charge in [0, 0.05) is 49.4 Å². The molecule has 214 valence electrons. The molecule has 9 nitrogen and oxygen atoms in total. The molecule has 0 radical (unpaired) electrons. The number of hydrogen-bond donors (Lipinski definition) is 2. The lowest BCUT2D eigenvalue weighted by Gasteiger charge is -2.26. The summed E-state index contributed by atoms with van der Waals surface area (Å²) < 4.78 is 50.0. The highest BCUT2D eigenvalue weighted by Gasteiger charge is 2.15. The van der Waals surface area contributed by atoms with Crippen LogP contribution in [-0.2, 0) is 4.74 Å². The highest BCUT2D eigenvalue weighted by Crippen LogP contribution is 2.38. The van der Waals surface area contributed by atoms with Gasteiger partial charge >= 0.3 is 6.03 Å². The maximum absolute atomic E-state index is 13.8. The number of benzene rings is 3. The summed E-state index contributed by atoms with van der Waals surface area (Å²) >= 11 is 6.38. The lowest BCUT2D eigenvalue weighted by atomic mass is 10.1. The van der Waals surface area contributed by atoms with Crippen LogP contribution in [0.2, 0.25) is 5.02 Å². The van der Waals surface area contributed by atoms with Gasteiger partial charge in [-0.3, -0.25) is 9.88 Å². The third-order valence-electron chi connectivity index (χ3n) is 6.35. The number of fused-ring (bicyclic) bond motifs is 1. The van der Waals surface area contributed by atoms with E-state index in [1.165, 1.54) is 6.07 Å². The van der Waals surface area contributed by atoms with Crippen LogP contribution in [0, 0.1) is 11.6 Å². The maximum Gasteiger partial charge on any atom is 0.323 e. The molecule has 2 heterocycles. The molecule has 5 rings (SSSR count). The van der Waals surface area contributed by atoms with Crippen LogP contribution in [0.5, 0.6) is 23.0 Å². The van der Waals surface area contributed by atoms with E-state index < -0.39 is 17.7 Å². The van der Waals surface area contributed by atoms with Gasteiger partial charge in [-0.15, -0.1) is 0 Å². The molecule has 0 spiro atoms. The number of hydrogen-bond acceptors (Lipinski definition) is 7. The quantitative estimate of drug-likeness (QED) is 0.238. The van der Waals surface area contributed by atoms with Gasteiger partial charge in [-0.05, 0) is 36.4 Å². The van der Waals surface area contributed by atoms with E-state index in [2.05, 4.69) is 20.5 Å². The molecule has 1 aromatic heterocycles. The Balaban J connectivity index is 1.27. The molecule has 12 heteroatoms. The van der Waals surface area contributed by atoms with Crippen molar-refractivity contribution in [1.82, 2.24) is 9.88 Å². The topological polar surface area (TPSA) is 94.2 Å². The minimum Gasteiger partial charge on any atom is -0.493 e. The second-order valence-corrected chi connectivity index (χ2v) is 9.49. The number of methoxy groups -OCH3 is 1. The number of carbonyl (C=O) groups excluding carboxylic acids is 1. The van der Waals surface area contributed by atoms with Gasteiger partial charge in [-0.25, -0.2) is 13.6 Å². The third-order valence-corrected chi connectivity index (χ3v) is 6.66. The summed E-state index contributed by atoms with van der Waals surface area (Å²) in [5.41, 5.74) is 0.739. The number of nitrogens with one attached hydrogen (secondary N) is 2. The molecule has 3 aromatic carbocycles. The summed E-state index contributed by atoms with van der Waals surface area (Å²) in [5, 5.41) is 5.73. The molecule has 1 aliphatic heterocycles. The minimum atomic E-state index is -0.900. The van der Waals surface area contributed by atoms with E-state index in [0.29, 0.717) is 46.6 Å². The average Bonchev–Trinajstić information content (AvgIpc) is 2.96. The Bertz CT molecular complexity index is 1550. The fraction of sp³-hybridized carbons (Fsp3) is 0.241. The SMILES string of the molecule is COc1cc2c(Oc3ccc(NC(=O)Nc4ccc(F)cc4F)c(Cl)c3)ccnc2cc1OCCN1CCOCC1. The van der Waals surface area contributed by atoms with E-state index in [-0.39, 0.29) is 16.4 Å². The third kappa shape index (κ3) is 7.12. The van der Waals surface area contributed by atoms with Crippen molar-refractivity contribution < 1.29 is 32.5 Å². The lowest BCUT2D eigenvalue weighted by molar-refractivity contribution is 0.0321. The maximum atomic E-state index is 13.8. The first kappa shape index (κ1) is 28.3. The zero-order valence-corrected chi connectivity index (χ0v) is 22.8. The Morgan fingerprint density at radius 2 is 1.78 bits per heavy atom. The molecule has 0 bridgehead atoms. The second-order valence-electron chi connectivity index (χ2n) is 9.08. The molecule has 1 saturated heterocycles. The summed E-state index contributed by atoms with van der Waals surface area (Å²) in [7, 11) is 1.57. The van der Waals surface area contributed by atoms with Crippen LogP contribution < -0.4 is 24.8 Å². The number of nitrogens with zero attached hydrogens (tertiary/aromatic N) is 2. The van der Waals surface area contributed by atoms with Crippen molar-refractivity contribution in [1.29, 1.82) is 0 Å². The number of urea groups is 1. The van der Waals surface area contributed by atoms with Gasteiger partial charge in [0.25, 0.3) is 0 Å². The fourth-order valence-corrected chi connectivity index (χ4v) is 4.47. The molecule has 1 fully saturated rings. The van der Waals surface area contributed by atoms with Gasteiger partial charge in [-0.2, -0.15) is 0 Å². The van der Waals surface area contributed by atoms with E-state index in [1.807, 2.05) is 6.07 Å². The largest absolute Gasteiger partial charge is 0.493 e. The summed E-state index contributed by atoms with van der Waals surface area (Å²) in [6.07, 6.45) is 1.62. The van der Waals surface area contributed by atoms with Gasteiger partial charge in [0.05, 0.1) is 42.2 Å². The van der Waals surface area contributed by atoms with Crippen LogP contribution in [0.25, 0.3) is 10.9 Å². The molecule has 1 aliphatic rings. The highest BCUT2D eigenvalue weighted by atomic mass is 35.5. The first-order chi connectivity index (χ1) is 19.9. The van der Waals surface area contributed by atoms with E-state index >= 15 is 0 Å². The summed E-state index contributed by atoms with van der Waals surface area (Å²) in [4.78, 5) is 19.1. The standard InChI is InChI=1S/C29H27ClF2N4O5/c1-38-27-16-20-25(17-28(27)40-13-10-36-8-11-39-12-9-36)33-7-6-26(20)41-19-3-5-23(21(30)15-19)34-29(37)35-24-4-2-18(31)14-22(24)32/h2-7,14-17H,8-13H2,1H3,(H2,34,35,37). The lowest BCUT2D eigenvalue weighted by Crippen LogP contribution is -2.38. The minimum absolute atomic E-state index is 0.175. The number of amides is 2. The fourth-order valence-electron chi connectivity index (χ4n) is 4.25. The Morgan fingerprint density at radius 3 is 2.54 bits per heavy atom. The van der Waals surface area contributed by atoms with Gasteiger partial charge in [0.15, 0.2) is 11.5 Å². The van der Waals surface area contributed by atoms with E-state index in [4.69, 9.17) is 30.5 Å². The molecule has 0 atom stereocenters. The van der Waals surface area contributed by atoms with Crippen LogP contribution >= 0.6 is 11.6 Å². The first-order valence-electron chi connectivity index (χ1n) is 12.8. The Hall–Kier alpha value is -4.19. The van der Waals surface area contributed by atoms with Crippen molar-refractivity contribution in [2.24, 2.45) is 0 Å². The van der Waals surface area contributed by atoms with Crippen molar-refractivity contribution in [3.63, 3.8) is 0 Å². The van der Waals surface area contributed by atoms with E-state index in [9.17, 15) is 13.6 Å². The predicted molar refractivity (Wildman–Crippen MR) is 152 cm³/mol. The monoisotopic (exact) mass is 584 g/mol. The highest BCUT2D eigenvalue weighted by molar-refractivity contribution is 6.34. The molecule has 4 aromatic rings. The summed E-state index contributed by atoms with van der Waals surface area (Å²) in [5.74, 6) is 0.384. The number of halogens is 3. The first-order valence-corrected chi connectivity index (χ1v) is 13.2. The zero-order chi connectivity index (χ0) is 28.8. The molecule has 2 amide bonds. The number of anilines is 2. The molecule has 41 heavy (non-hydrogen) atoms. The number of morpholine rings is 1. The van der Waals surface area contributed by atoms with E-state index in [1.54, 1.807) is 37.6 Å². The number of ether oxygens (including phenoxy) is 4. The Morgan fingerprint density at radius 1 is 1.00 bits per heavy atom. The van der Waals surface area contributed by atoms with Gasteiger partial charge in [0.2, 0.25) is 0 Å². The van der Waals surface area contributed by atoms with E-state index in [0.717, 1.165) is 45.0 Å². The van der Waals surface area contributed by atoms with Crippen molar-refractivity contribution >= 4 is 39.9 Å². The second kappa shape index (κ2) is 13.0. The van der Waals surface area contributed by atoms with Crippen LogP contribution in [-0.4, -0.2) is 62.5 Å². The summed E-state index contributed by atoms with van der Waals surface area (Å²) in [6, 6.07) is 12.1.